The maximum Gasteiger partial charge on any atom is 0.327 e. The molecular formula is C15H24N2O4S2. The molecule has 3 N–H and O–H groups in total. The van der Waals surface area contributed by atoms with Crippen molar-refractivity contribution in [3.05, 3.63) is 0 Å². The smallest absolute Gasteiger partial charge is 0.327 e. The van der Waals surface area contributed by atoms with Crippen molar-refractivity contribution in [1.82, 2.24) is 10.6 Å². The summed E-state index contributed by atoms with van der Waals surface area (Å²) in [4.78, 5) is 36.0. The van der Waals surface area contributed by atoms with E-state index in [1.54, 1.807) is 0 Å². The number of carboxylic acids is 1. The number of carbonyl (C=O) groups excluding carboxylic acids is 2. The van der Waals surface area contributed by atoms with Gasteiger partial charge in [0.25, 0.3) is 0 Å². The van der Waals surface area contributed by atoms with Crippen LogP contribution in [0, 0.1) is 5.41 Å². The summed E-state index contributed by atoms with van der Waals surface area (Å²) in [5, 5.41) is 15.0. The third-order valence-corrected chi connectivity index (χ3v) is 6.97. The van der Waals surface area contributed by atoms with Crippen LogP contribution in [-0.4, -0.2) is 47.0 Å². The van der Waals surface area contributed by atoms with Gasteiger partial charge in [0.2, 0.25) is 11.8 Å². The van der Waals surface area contributed by atoms with Crippen LogP contribution in [-0.2, 0) is 14.4 Å². The molecule has 2 aliphatic rings. The highest BCUT2D eigenvalue weighted by Crippen LogP contribution is 2.39. The van der Waals surface area contributed by atoms with Crippen LogP contribution in [0.2, 0.25) is 0 Å². The van der Waals surface area contributed by atoms with E-state index in [9.17, 15) is 19.5 Å². The van der Waals surface area contributed by atoms with Crippen molar-refractivity contribution in [2.24, 2.45) is 5.41 Å². The van der Waals surface area contributed by atoms with E-state index >= 15 is 0 Å². The van der Waals surface area contributed by atoms with E-state index in [0.717, 1.165) is 32.1 Å². The van der Waals surface area contributed by atoms with Crippen LogP contribution in [0.25, 0.3) is 0 Å². The van der Waals surface area contributed by atoms with Gasteiger partial charge >= 0.3 is 5.97 Å². The van der Waals surface area contributed by atoms with Crippen molar-refractivity contribution in [1.29, 1.82) is 0 Å². The summed E-state index contributed by atoms with van der Waals surface area (Å²) < 4.78 is 0. The first-order valence-electron chi connectivity index (χ1n) is 8.08. The van der Waals surface area contributed by atoms with Crippen molar-refractivity contribution in [3.63, 3.8) is 0 Å². The Morgan fingerprint density at radius 3 is 2.57 bits per heavy atom. The third-order valence-electron chi connectivity index (χ3n) is 4.55. The first kappa shape index (κ1) is 18.4. The minimum absolute atomic E-state index is 0.00139. The second-order valence-electron chi connectivity index (χ2n) is 6.16. The number of aliphatic carboxylic acids is 1. The fraction of sp³-hybridized carbons (Fsp3) is 0.800. The van der Waals surface area contributed by atoms with E-state index in [-0.39, 0.29) is 11.8 Å². The average Bonchev–Trinajstić information content (AvgIpc) is 2.54. The van der Waals surface area contributed by atoms with E-state index in [2.05, 4.69) is 10.6 Å². The molecule has 0 radical (unpaired) electrons. The zero-order chi connectivity index (χ0) is 16.7. The topological polar surface area (TPSA) is 95.5 Å². The van der Waals surface area contributed by atoms with Gasteiger partial charge in [0.05, 0.1) is 5.41 Å². The molecule has 8 heteroatoms. The number of rotatable bonds is 1. The number of hydrogen-bond acceptors (Lipinski definition) is 5. The molecule has 2 rings (SSSR count). The molecule has 0 aromatic rings. The van der Waals surface area contributed by atoms with Gasteiger partial charge in [-0.2, -0.15) is 0 Å². The van der Waals surface area contributed by atoms with Crippen LogP contribution in [0.4, 0.5) is 0 Å². The largest absolute Gasteiger partial charge is 0.480 e. The highest BCUT2D eigenvalue weighted by Gasteiger charge is 2.40. The van der Waals surface area contributed by atoms with Gasteiger partial charge in [-0.3, -0.25) is 9.59 Å². The van der Waals surface area contributed by atoms with Crippen molar-refractivity contribution < 1.29 is 19.5 Å². The van der Waals surface area contributed by atoms with Gasteiger partial charge in [-0.05, 0) is 19.3 Å². The number of amides is 2. The van der Waals surface area contributed by atoms with Gasteiger partial charge in [-0.25, -0.2) is 4.79 Å². The SMILES string of the molecule is O=C1CCSSCC(C(=O)O)NC(=O)C2(CCCCC2)CCN1. The molecule has 1 aliphatic carbocycles. The molecule has 1 atom stereocenters. The van der Waals surface area contributed by atoms with Crippen LogP contribution >= 0.6 is 21.6 Å². The molecule has 2 fully saturated rings. The Morgan fingerprint density at radius 1 is 1.13 bits per heavy atom. The quantitative estimate of drug-likeness (QED) is 0.617. The Kier molecular flexibility index (Phi) is 7.08. The summed E-state index contributed by atoms with van der Waals surface area (Å²) in [6.45, 7) is 0.474. The van der Waals surface area contributed by atoms with Gasteiger partial charge in [-0.15, -0.1) is 0 Å². The number of carbonyl (C=O) groups is 3. The predicted octanol–water partition coefficient (Wildman–Crippen LogP) is 1.80. The average molecular weight is 361 g/mol. The Labute approximate surface area is 144 Å². The van der Waals surface area contributed by atoms with E-state index in [1.165, 1.54) is 21.6 Å². The normalized spacial score (nSPS) is 27.0. The van der Waals surface area contributed by atoms with E-state index in [4.69, 9.17) is 0 Å². The molecule has 0 aromatic heterocycles. The van der Waals surface area contributed by atoms with Crippen LogP contribution in [0.1, 0.15) is 44.9 Å². The number of nitrogens with one attached hydrogen (secondary N) is 2. The highest BCUT2D eigenvalue weighted by molar-refractivity contribution is 8.76. The van der Waals surface area contributed by atoms with Crippen molar-refractivity contribution in [2.45, 2.75) is 51.0 Å². The zero-order valence-electron chi connectivity index (χ0n) is 13.1. The maximum atomic E-state index is 12.8. The fourth-order valence-electron chi connectivity index (χ4n) is 3.14. The molecular weight excluding hydrogens is 336 g/mol. The molecule has 1 heterocycles. The minimum Gasteiger partial charge on any atom is -0.480 e. The van der Waals surface area contributed by atoms with Gasteiger partial charge in [0.1, 0.15) is 6.04 Å². The lowest BCUT2D eigenvalue weighted by Gasteiger charge is -2.36. The van der Waals surface area contributed by atoms with Crippen LogP contribution < -0.4 is 10.6 Å². The monoisotopic (exact) mass is 360 g/mol. The Bertz CT molecular complexity index is 453. The summed E-state index contributed by atoms with van der Waals surface area (Å²) >= 11 is 0. The molecule has 2 amide bonds. The van der Waals surface area contributed by atoms with Crippen LogP contribution in [0.5, 0.6) is 0 Å². The summed E-state index contributed by atoms with van der Waals surface area (Å²) in [5.74, 6) is -0.213. The maximum absolute atomic E-state index is 12.8. The van der Waals surface area contributed by atoms with Gasteiger partial charge in [0, 0.05) is 24.5 Å². The molecule has 130 valence electrons. The zero-order valence-corrected chi connectivity index (χ0v) is 14.8. The Morgan fingerprint density at radius 2 is 1.87 bits per heavy atom. The molecule has 0 bridgehead atoms. The molecule has 1 saturated carbocycles. The Hall–Kier alpha value is -0.890. The third kappa shape index (κ3) is 5.31. The summed E-state index contributed by atoms with van der Waals surface area (Å²) in [6, 6.07) is -0.872. The molecule has 1 saturated heterocycles. The second-order valence-corrected chi connectivity index (χ2v) is 8.79. The first-order chi connectivity index (χ1) is 11.0. The lowest BCUT2D eigenvalue weighted by molar-refractivity contribution is -0.144. The van der Waals surface area contributed by atoms with Crippen LogP contribution in [0.3, 0.4) is 0 Å². The first-order valence-corrected chi connectivity index (χ1v) is 10.6. The number of hydrogen-bond donors (Lipinski definition) is 3. The van der Waals surface area contributed by atoms with Crippen LogP contribution in [0.15, 0.2) is 0 Å². The lowest BCUT2D eigenvalue weighted by Crippen LogP contribution is -2.51. The minimum atomic E-state index is -0.999. The van der Waals surface area contributed by atoms with Crippen molar-refractivity contribution in [2.75, 3.05) is 18.1 Å². The summed E-state index contributed by atoms with van der Waals surface area (Å²) in [6.07, 6.45) is 5.59. The van der Waals surface area contributed by atoms with Gasteiger partial charge in [-0.1, -0.05) is 40.9 Å². The standard InChI is InChI=1S/C15H24N2O4S2/c18-12-4-9-22-23-10-11(13(19)20)17-14(21)15(7-8-16-12)5-2-1-3-6-15/h11H,1-10H2,(H,16,18)(H,17,21)(H,19,20). The second kappa shape index (κ2) is 8.82. The molecule has 1 spiro atoms. The van der Waals surface area contributed by atoms with Crippen molar-refractivity contribution >= 4 is 39.4 Å². The van der Waals surface area contributed by atoms with Gasteiger partial charge in [0.15, 0.2) is 0 Å². The van der Waals surface area contributed by atoms with Crippen molar-refractivity contribution in [3.8, 4) is 0 Å². The van der Waals surface area contributed by atoms with E-state index < -0.39 is 17.4 Å². The van der Waals surface area contributed by atoms with E-state index in [0.29, 0.717) is 30.9 Å². The number of carboxylic acid groups (broad SMARTS) is 1. The predicted molar refractivity (Wildman–Crippen MR) is 92.2 cm³/mol. The Balaban J connectivity index is 2.13. The summed E-state index contributed by atoms with van der Waals surface area (Å²) in [7, 11) is 2.86. The molecule has 6 nitrogen and oxygen atoms in total. The van der Waals surface area contributed by atoms with E-state index in [1.807, 2.05) is 0 Å². The molecule has 1 unspecified atom stereocenters. The summed E-state index contributed by atoms with van der Waals surface area (Å²) in [5.41, 5.74) is -0.537. The molecule has 0 aromatic carbocycles. The molecule has 23 heavy (non-hydrogen) atoms. The highest BCUT2D eigenvalue weighted by atomic mass is 33.1. The fourth-order valence-corrected chi connectivity index (χ4v) is 5.29. The van der Waals surface area contributed by atoms with Gasteiger partial charge < -0.3 is 15.7 Å². The lowest BCUT2D eigenvalue weighted by atomic mass is 9.71. The molecule has 1 aliphatic heterocycles.